The van der Waals surface area contributed by atoms with E-state index >= 15 is 0 Å². The number of hydrogen-bond acceptors (Lipinski definition) is 4. The Morgan fingerprint density at radius 3 is 2.44 bits per heavy atom. The zero-order valence-electron chi connectivity index (χ0n) is 22.6. The van der Waals surface area contributed by atoms with Crippen molar-refractivity contribution < 1.29 is 19.4 Å². The highest BCUT2D eigenvalue weighted by Crippen LogP contribution is 2.36. The molecule has 0 unspecified atom stereocenters. The van der Waals surface area contributed by atoms with Crippen LogP contribution in [0.4, 0.5) is 4.79 Å². The van der Waals surface area contributed by atoms with Gasteiger partial charge in [-0.2, -0.15) is 0 Å². The molecule has 5 rings (SSSR count). The van der Waals surface area contributed by atoms with Crippen molar-refractivity contribution >= 4 is 12.0 Å². The normalized spacial score (nSPS) is 21.6. The summed E-state index contributed by atoms with van der Waals surface area (Å²) in [5.41, 5.74) is 3.25. The molecule has 1 aliphatic heterocycles. The highest BCUT2D eigenvalue weighted by molar-refractivity contribution is 5.98. The Morgan fingerprint density at radius 2 is 1.72 bits per heavy atom. The van der Waals surface area contributed by atoms with Crippen molar-refractivity contribution in [2.75, 3.05) is 26.2 Å². The van der Waals surface area contributed by atoms with E-state index in [2.05, 4.69) is 11.5 Å². The standard InChI is InChI=1S/C31H38N4O4/c1-2-19-39-27-16-10-9-15-26(27)35-22-32-28(29(35)24-13-7-4-8-14-24)30(36)34-18-17-33(31(37)38)21-25(34)20-23-11-5-3-6-12-23/h3-8,11-14,22,25-27H,2,9-10,15-21H2,1H3,(H,37,38)/t25-,26+,27+/m1/s1. The summed E-state index contributed by atoms with van der Waals surface area (Å²) in [5, 5.41) is 9.69. The van der Waals surface area contributed by atoms with Crippen LogP contribution in [0.15, 0.2) is 67.0 Å². The molecule has 206 valence electrons. The number of benzene rings is 2. The van der Waals surface area contributed by atoms with Gasteiger partial charge < -0.3 is 24.2 Å². The Bertz CT molecular complexity index is 1250. The second-order valence-electron chi connectivity index (χ2n) is 10.5. The summed E-state index contributed by atoms with van der Waals surface area (Å²) in [4.78, 5) is 34.1. The van der Waals surface area contributed by atoms with Crippen LogP contribution in [0, 0.1) is 0 Å². The molecule has 8 nitrogen and oxygen atoms in total. The van der Waals surface area contributed by atoms with Crippen molar-refractivity contribution in [2.45, 2.75) is 63.6 Å². The van der Waals surface area contributed by atoms with E-state index in [1.807, 2.05) is 71.9 Å². The van der Waals surface area contributed by atoms with Crippen LogP contribution in [-0.4, -0.2) is 74.8 Å². The average molecular weight is 531 g/mol. The van der Waals surface area contributed by atoms with Gasteiger partial charge in [0.2, 0.25) is 0 Å². The number of ether oxygens (including phenoxy) is 1. The summed E-state index contributed by atoms with van der Waals surface area (Å²) in [7, 11) is 0. The third-order valence-corrected chi connectivity index (χ3v) is 7.93. The minimum Gasteiger partial charge on any atom is -0.465 e. The van der Waals surface area contributed by atoms with Gasteiger partial charge in [0, 0.05) is 31.8 Å². The fourth-order valence-electron chi connectivity index (χ4n) is 6.00. The smallest absolute Gasteiger partial charge is 0.407 e. The molecule has 1 N–H and O–H groups in total. The second-order valence-corrected chi connectivity index (χ2v) is 10.5. The number of rotatable bonds is 8. The molecule has 1 saturated carbocycles. The second kappa shape index (κ2) is 12.5. The van der Waals surface area contributed by atoms with E-state index in [4.69, 9.17) is 9.72 Å². The van der Waals surface area contributed by atoms with Gasteiger partial charge in [-0.15, -0.1) is 0 Å². The fourth-order valence-corrected chi connectivity index (χ4v) is 6.00. The molecular weight excluding hydrogens is 492 g/mol. The van der Waals surface area contributed by atoms with E-state index in [0.29, 0.717) is 18.7 Å². The molecule has 3 atom stereocenters. The molecule has 8 heteroatoms. The maximum Gasteiger partial charge on any atom is 0.407 e. The first kappa shape index (κ1) is 26.9. The summed E-state index contributed by atoms with van der Waals surface area (Å²) >= 11 is 0. The molecule has 0 bridgehead atoms. The molecule has 39 heavy (non-hydrogen) atoms. The lowest BCUT2D eigenvalue weighted by molar-refractivity contribution is -0.00517. The molecule has 1 aliphatic carbocycles. The Hall–Kier alpha value is -3.65. The zero-order valence-corrected chi connectivity index (χ0v) is 22.6. The Labute approximate surface area is 230 Å². The van der Waals surface area contributed by atoms with E-state index in [-0.39, 0.29) is 37.2 Å². The highest BCUT2D eigenvalue weighted by Gasteiger charge is 2.37. The molecule has 2 heterocycles. The van der Waals surface area contributed by atoms with Crippen molar-refractivity contribution in [3.05, 3.63) is 78.2 Å². The summed E-state index contributed by atoms with van der Waals surface area (Å²) in [6.45, 7) is 3.72. The number of hydrogen-bond donors (Lipinski definition) is 1. The largest absolute Gasteiger partial charge is 0.465 e. The molecule has 2 amide bonds. The van der Waals surface area contributed by atoms with Gasteiger partial charge in [-0.3, -0.25) is 4.79 Å². The molecule has 0 radical (unpaired) electrons. The van der Waals surface area contributed by atoms with Crippen molar-refractivity contribution in [3.8, 4) is 11.3 Å². The van der Waals surface area contributed by atoms with E-state index in [0.717, 1.165) is 55.5 Å². The van der Waals surface area contributed by atoms with Crippen LogP contribution in [0.2, 0.25) is 0 Å². The van der Waals surface area contributed by atoms with Crippen molar-refractivity contribution in [1.29, 1.82) is 0 Å². The summed E-state index contributed by atoms with van der Waals surface area (Å²) < 4.78 is 8.46. The minimum atomic E-state index is -0.954. The SMILES string of the molecule is CCCO[C@H]1CCCC[C@@H]1n1cnc(C(=O)N2CCN(C(=O)O)C[C@H]2Cc2ccccc2)c1-c1ccccc1. The summed E-state index contributed by atoms with van der Waals surface area (Å²) in [5.74, 6) is -0.152. The first-order valence-corrected chi connectivity index (χ1v) is 14.1. The number of amides is 2. The lowest BCUT2D eigenvalue weighted by Gasteiger charge is -2.40. The van der Waals surface area contributed by atoms with Gasteiger partial charge >= 0.3 is 6.09 Å². The monoisotopic (exact) mass is 530 g/mol. The van der Waals surface area contributed by atoms with Crippen molar-refractivity contribution in [3.63, 3.8) is 0 Å². The minimum absolute atomic E-state index is 0.0863. The van der Waals surface area contributed by atoms with Crippen molar-refractivity contribution in [2.24, 2.45) is 0 Å². The van der Waals surface area contributed by atoms with Gasteiger partial charge in [0.15, 0.2) is 5.69 Å². The van der Waals surface area contributed by atoms with Gasteiger partial charge in [-0.25, -0.2) is 9.78 Å². The number of carbonyl (C=O) groups is 2. The number of nitrogens with zero attached hydrogens (tertiary/aromatic N) is 4. The predicted octanol–water partition coefficient (Wildman–Crippen LogP) is 5.51. The Kier molecular flexibility index (Phi) is 8.61. The maximum atomic E-state index is 14.3. The van der Waals surface area contributed by atoms with Crippen LogP contribution in [0.25, 0.3) is 11.3 Å². The molecule has 2 aliphatic rings. The van der Waals surface area contributed by atoms with Crippen LogP contribution in [0.1, 0.15) is 61.1 Å². The molecule has 1 aromatic heterocycles. The number of aromatic nitrogens is 2. The molecular formula is C31H38N4O4. The predicted molar refractivity (Wildman–Crippen MR) is 150 cm³/mol. The number of piperazine rings is 1. The lowest BCUT2D eigenvalue weighted by atomic mass is 9.91. The number of carboxylic acid groups (broad SMARTS) is 1. The van der Waals surface area contributed by atoms with E-state index in [1.54, 1.807) is 0 Å². The number of carbonyl (C=O) groups excluding carboxylic acids is 1. The Balaban J connectivity index is 1.51. The maximum absolute atomic E-state index is 14.3. The quantitative estimate of drug-likeness (QED) is 0.415. The lowest BCUT2D eigenvalue weighted by Crippen LogP contribution is -2.57. The average Bonchev–Trinajstić information content (AvgIpc) is 3.42. The fraction of sp³-hybridized carbons (Fsp3) is 0.452. The molecule has 3 aromatic rings. The molecule has 2 aromatic carbocycles. The summed E-state index contributed by atoms with van der Waals surface area (Å²) in [6, 6.07) is 19.8. The van der Waals surface area contributed by atoms with Crippen LogP contribution in [-0.2, 0) is 11.2 Å². The van der Waals surface area contributed by atoms with Crippen LogP contribution in [0.3, 0.4) is 0 Å². The van der Waals surface area contributed by atoms with Crippen LogP contribution in [0.5, 0.6) is 0 Å². The van der Waals surface area contributed by atoms with Gasteiger partial charge in [0.05, 0.1) is 30.2 Å². The van der Waals surface area contributed by atoms with Gasteiger partial charge in [0.25, 0.3) is 5.91 Å². The molecule has 1 saturated heterocycles. The third kappa shape index (κ3) is 6.01. The van der Waals surface area contributed by atoms with E-state index in [1.165, 1.54) is 4.90 Å². The van der Waals surface area contributed by atoms with Gasteiger partial charge in [0.1, 0.15) is 0 Å². The van der Waals surface area contributed by atoms with Crippen molar-refractivity contribution in [1.82, 2.24) is 19.4 Å². The number of imidazole rings is 1. The zero-order chi connectivity index (χ0) is 27.2. The van der Waals surface area contributed by atoms with E-state index < -0.39 is 6.09 Å². The first-order valence-electron chi connectivity index (χ1n) is 14.1. The molecule has 2 fully saturated rings. The Morgan fingerprint density at radius 1 is 1.00 bits per heavy atom. The highest BCUT2D eigenvalue weighted by atomic mass is 16.5. The summed E-state index contributed by atoms with van der Waals surface area (Å²) in [6.07, 6.45) is 6.72. The topological polar surface area (TPSA) is 87.9 Å². The first-order chi connectivity index (χ1) is 19.1. The van der Waals surface area contributed by atoms with Gasteiger partial charge in [-0.05, 0) is 31.2 Å². The van der Waals surface area contributed by atoms with E-state index in [9.17, 15) is 14.7 Å². The van der Waals surface area contributed by atoms with Crippen LogP contribution < -0.4 is 0 Å². The van der Waals surface area contributed by atoms with Crippen LogP contribution >= 0.6 is 0 Å². The third-order valence-electron chi connectivity index (χ3n) is 7.93. The molecule has 0 spiro atoms. The van der Waals surface area contributed by atoms with Gasteiger partial charge in [-0.1, -0.05) is 80.4 Å².